The zero-order valence-corrected chi connectivity index (χ0v) is 12.7. The predicted molar refractivity (Wildman–Crippen MR) is 84.5 cm³/mol. The molecule has 0 aliphatic rings. The highest BCUT2D eigenvalue weighted by atomic mass is 16.5. The maximum Gasteiger partial charge on any atom is 0.339 e. The standard InChI is InChI=1S/C17H21NO3/c1-4-18(12-17(2,20)16(19)21-3)15-11-7-9-13-8-5-6-10-14(13)15/h5-11,20H,4,12H2,1-3H3. The van der Waals surface area contributed by atoms with Crippen LogP contribution >= 0.6 is 0 Å². The fourth-order valence-electron chi connectivity index (χ4n) is 2.51. The van der Waals surface area contributed by atoms with Crippen LogP contribution in [-0.2, 0) is 9.53 Å². The van der Waals surface area contributed by atoms with Gasteiger partial charge >= 0.3 is 5.97 Å². The van der Waals surface area contributed by atoms with Crippen molar-refractivity contribution >= 4 is 22.4 Å². The van der Waals surface area contributed by atoms with Gasteiger partial charge in [0.05, 0.1) is 13.7 Å². The van der Waals surface area contributed by atoms with Gasteiger partial charge in [-0.1, -0.05) is 36.4 Å². The molecule has 0 heterocycles. The summed E-state index contributed by atoms with van der Waals surface area (Å²) >= 11 is 0. The normalized spacial score (nSPS) is 13.7. The number of hydrogen-bond donors (Lipinski definition) is 1. The molecule has 0 bridgehead atoms. The Morgan fingerprint density at radius 3 is 2.57 bits per heavy atom. The first-order chi connectivity index (χ1) is 9.99. The summed E-state index contributed by atoms with van der Waals surface area (Å²) in [5, 5.41) is 12.5. The molecule has 2 aromatic carbocycles. The topological polar surface area (TPSA) is 49.8 Å². The molecule has 21 heavy (non-hydrogen) atoms. The van der Waals surface area contributed by atoms with Crippen LogP contribution in [-0.4, -0.2) is 36.9 Å². The summed E-state index contributed by atoms with van der Waals surface area (Å²) in [6.45, 7) is 4.34. The molecule has 4 nitrogen and oxygen atoms in total. The molecule has 0 aromatic heterocycles. The molecule has 0 amide bonds. The highest BCUT2D eigenvalue weighted by Crippen LogP contribution is 2.27. The number of fused-ring (bicyclic) bond motifs is 1. The zero-order valence-electron chi connectivity index (χ0n) is 12.7. The molecule has 112 valence electrons. The molecule has 1 N–H and O–H groups in total. The molecule has 2 rings (SSSR count). The van der Waals surface area contributed by atoms with Crippen LogP contribution in [0.5, 0.6) is 0 Å². The van der Waals surface area contributed by atoms with Gasteiger partial charge in [-0.15, -0.1) is 0 Å². The third-order valence-corrected chi connectivity index (χ3v) is 3.61. The van der Waals surface area contributed by atoms with Crippen LogP contribution in [0.1, 0.15) is 13.8 Å². The van der Waals surface area contributed by atoms with Gasteiger partial charge in [0.15, 0.2) is 5.60 Å². The summed E-state index contributed by atoms with van der Waals surface area (Å²) in [5.74, 6) is -0.624. The smallest absolute Gasteiger partial charge is 0.339 e. The molecule has 0 saturated carbocycles. The van der Waals surface area contributed by atoms with Crippen molar-refractivity contribution in [1.29, 1.82) is 0 Å². The quantitative estimate of drug-likeness (QED) is 0.859. The zero-order chi connectivity index (χ0) is 15.5. The van der Waals surface area contributed by atoms with Gasteiger partial charge in [0.25, 0.3) is 0 Å². The third kappa shape index (κ3) is 3.16. The van der Waals surface area contributed by atoms with Crippen molar-refractivity contribution in [3.63, 3.8) is 0 Å². The van der Waals surface area contributed by atoms with Crippen molar-refractivity contribution in [2.24, 2.45) is 0 Å². The van der Waals surface area contributed by atoms with Gasteiger partial charge in [-0.2, -0.15) is 0 Å². The minimum absolute atomic E-state index is 0.185. The second kappa shape index (κ2) is 6.14. The van der Waals surface area contributed by atoms with Gasteiger partial charge in [0.1, 0.15) is 0 Å². The van der Waals surface area contributed by atoms with Gasteiger partial charge in [0, 0.05) is 17.6 Å². The maximum absolute atomic E-state index is 11.7. The molecule has 0 spiro atoms. The van der Waals surface area contributed by atoms with E-state index in [1.165, 1.54) is 14.0 Å². The summed E-state index contributed by atoms with van der Waals surface area (Å²) in [7, 11) is 1.28. The maximum atomic E-state index is 11.7. The van der Waals surface area contributed by atoms with Crippen LogP contribution in [0, 0.1) is 0 Å². The first-order valence-electron chi connectivity index (χ1n) is 7.03. The number of methoxy groups -OCH3 is 1. The third-order valence-electron chi connectivity index (χ3n) is 3.61. The van der Waals surface area contributed by atoms with Crippen molar-refractivity contribution in [2.75, 3.05) is 25.1 Å². The molecule has 1 atom stereocenters. The molecule has 0 saturated heterocycles. The van der Waals surface area contributed by atoms with E-state index in [1.54, 1.807) is 0 Å². The molecule has 0 aliphatic heterocycles. The Hall–Kier alpha value is -2.07. The molecule has 0 fully saturated rings. The van der Waals surface area contributed by atoms with Gasteiger partial charge in [0.2, 0.25) is 0 Å². The van der Waals surface area contributed by atoms with Crippen molar-refractivity contribution < 1.29 is 14.6 Å². The van der Waals surface area contributed by atoms with E-state index in [-0.39, 0.29) is 6.54 Å². The number of rotatable bonds is 5. The lowest BCUT2D eigenvalue weighted by atomic mass is 10.0. The SMILES string of the molecule is CCN(CC(C)(O)C(=O)OC)c1cccc2ccccc12. The highest BCUT2D eigenvalue weighted by molar-refractivity contribution is 5.94. The second-order valence-electron chi connectivity index (χ2n) is 5.28. The Bertz CT molecular complexity index is 631. The lowest BCUT2D eigenvalue weighted by Crippen LogP contribution is -2.47. The number of likely N-dealkylation sites (N-methyl/N-ethyl adjacent to an activating group) is 1. The fourth-order valence-corrected chi connectivity index (χ4v) is 2.51. The molecule has 2 aromatic rings. The van der Waals surface area contributed by atoms with Crippen LogP contribution in [0.15, 0.2) is 42.5 Å². The minimum Gasteiger partial charge on any atom is -0.467 e. The summed E-state index contributed by atoms with van der Waals surface area (Å²) in [5.41, 5.74) is -0.540. The molecule has 1 unspecified atom stereocenters. The monoisotopic (exact) mass is 287 g/mol. The number of anilines is 1. The van der Waals surface area contributed by atoms with Crippen LogP contribution in [0.4, 0.5) is 5.69 Å². The van der Waals surface area contributed by atoms with Gasteiger partial charge in [-0.05, 0) is 25.3 Å². The van der Waals surface area contributed by atoms with Gasteiger partial charge in [-0.25, -0.2) is 4.79 Å². The van der Waals surface area contributed by atoms with Crippen molar-refractivity contribution in [3.8, 4) is 0 Å². The molecule has 0 aliphatic carbocycles. The Kier molecular flexibility index (Phi) is 4.48. The van der Waals surface area contributed by atoms with Gasteiger partial charge in [-0.3, -0.25) is 0 Å². The molecular formula is C17H21NO3. The Labute approximate surface area is 124 Å². The fraction of sp³-hybridized carbons (Fsp3) is 0.353. The van der Waals surface area contributed by atoms with E-state index in [2.05, 4.69) is 4.74 Å². The first-order valence-corrected chi connectivity index (χ1v) is 7.03. The van der Waals surface area contributed by atoms with E-state index in [1.807, 2.05) is 54.3 Å². The van der Waals surface area contributed by atoms with Crippen LogP contribution in [0.3, 0.4) is 0 Å². The number of carbonyl (C=O) groups excluding carboxylic acids is 1. The predicted octanol–water partition coefficient (Wildman–Crippen LogP) is 2.59. The highest BCUT2D eigenvalue weighted by Gasteiger charge is 2.33. The average Bonchev–Trinajstić information content (AvgIpc) is 2.51. The van der Waals surface area contributed by atoms with E-state index < -0.39 is 11.6 Å². The summed E-state index contributed by atoms with van der Waals surface area (Å²) < 4.78 is 4.67. The first kappa shape index (κ1) is 15.3. The lowest BCUT2D eigenvalue weighted by molar-refractivity contribution is -0.159. The van der Waals surface area contributed by atoms with Gasteiger partial charge < -0.3 is 14.7 Å². The number of esters is 1. The summed E-state index contributed by atoms with van der Waals surface area (Å²) in [4.78, 5) is 13.7. The number of benzene rings is 2. The van der Waals surface area contributed by atoms with E-state index in [9.17, 15) is 9.90 Å². The van der Waals surface area contributed by atoms with E-state index in [0.717, 1.165) is 16.5 Å². The average molecular weight is 287 g/mol. The number of aliphatic hydroxyl groups is 1. The van der Waals surface area contributed by atoms with Crippen molar-refractivity contribution in [3.05, 3.63) is 42.5 Å². The number of nitrogens with zero attached hydrogens (tertiary/aromatic N) is 1. The Balaban J connectivity index is 2.38. The van der Waals surface area contributed by atoms with Crippen molar-refractivity contribution in [2.45, 2.75) is 19.4 Å². The Morgan fingerprint density at radius 2 is 1.90 bits per heavy atom. The largest absolute Gasteiger partial charge is 0.467 e. The molecular weight excluding hydrogens is 266 g/mol. The lowest BCUT2D eigenvalue weighted by Gasteiger charge is -2.31. The van der Waals surface area contributed by atoms with Crippen LogP contribution in [0.25, 0.3) is 10.8 Å². The summed E-state index contributed by atoms with van der Waals surface area (Å²) in [6.07, 6.45) is 0. The number of ether oxygens (including phenoxy) is 1. The second-order valence-corrected chi connectivity index (χ2v) is 5.28. The van der Waals surface area contributed by atoms with E-state index in [4.69, 9.17) is 0 Å². The van der Waals surface area contributed by atoms with Crippen LogP contribution in [0.2, 0.25) is 0 Å². The molecule has 0 radical (unpaired) electrons. The number of carbonyl (C=O) groups is 1. The van der Waals surface area contributed by atoms with Crippen molar-refractivity contribution in [1.82, 2.24) is 0 Å². The molecule has 4 heteroatoms. The Morgan fingerprint density at radius 1 is 1.24 bits per heavy atom. The number of hydrogen-bond acceptors (Lipinski definition) is 4. The minimum atomic E-state index is -1.54. The summed E-state index contributed by atoms with van der Waals surface area (Å²) in [6, 6.07) is 14.1. The van der Waals surface area contributed by atoms with E-state index in [0.29, 0.717) is 6.54 Å². The van der Waals surface area contributed by atoms with Crippen LogP contribution < -0.4 is 4.90 Å². The van der Waals surface area contributed by atoms with E-state index >= 15 is 0 Å².